The zero-order valence-electron chi connectivity index (χ0n) is 28.3. The van der Waals surface area contributed by atoms with Gasteiger partial charge in [-0.3, -0.25) is 28.8 Å². The number of carbonyl (C=O) groups is 7. The van der Waals surface area contributed by atoms with E-state index in [0.29, 0.717) is 16.7 Å². The Bertz CT molecular complexity index is 2110. The van der Waals surface area contributed by atoms with Gasteiger partial charge in [0.2, 0.25) is 5.91 Å². The Morgan fingerprint density at radius 1 is 0.623 bits per heavy atom. The van der Waals surface area contributed by atoms with Gasteiger partial charge in [-0.25, -0.2) is 4.79 Å². The number of ether oxygens (including phenoxy) is 4. The summed E-state index contributed by atoms with van der Waals surface area (Å²) in [6, 6.07) is 13.5. The van der Waals surface area contributed by atoms with Crippen LogP contribution in [0.1, 0.15) is 79.4 Å². The highest BCUT2D eigenvalue weighted by Crippen LogP contribution is 2.74. The molecular weight excluding hydrogens is 694 g/mol. The van der Waals surface area contributed by atoms with E-state index in [1.807, 2.05) is 0 Å². The second-order valence-electron chi connectivity index (χ2n) is 15.0. The highest BCUT2D eigenvalue weighted by Gasteiger charge is 2.76. The van der Waals surface area contributed by atoms with Gasteiger partial charge < -0.3 is 39.6 Å². The normalized spacial score (nSPS) is 27.7. The molecule has 0 unspecified atom stereocenters. The van der Waals surface area contributed by atoms with E-state index in [9.17, 15) is 48.9 Å². The van der Waals surface area contributed by atoms with Crippen molar-refractivity contribution in [3.63, 3.8) is 0 Å². The summed E-state index contributed by atoms with van der Waals surface area (Å²) in [6.45, 7) is 2.46. The Hall–Kier alpha value is -6.25. The number of hydrogen-bond donors (Lipinski definition) is 4. The lowest BCUT2D eigenvalue weighted by Crippen LogP contribution is -2.69. The second kappa shape index (κ2) is 10.9. The lowest BCUT2D eigenvalue weighted by Gasteiger charge is -2.65. The highest BCUT2D eigenvalue weighted by molar-refractivity contribution is 6.02. The number of hydrogen-bond acceptors (Lipinski definition) is 11. The number of esters is 3. The molecule has 4 saturated carbocycles. The molecule has 0 radical (unpaired) electrons. The van der Waals surface area contributed by atoms with E-state index in [0.717, 1.165) is 0 Å². The van der Waals surface area contributed by atoms with Crippen molar-refractivity contribution in [3.8, 4) is 23.0 Å². The number of anilines is 1. The first kappa shape index (κ1) is 33.9. The summed E-state index contributed by atoms with van der Waals surface area (Å²) >= 11 is 0. The second-order valence-corrected chi connectivity index (χ2v) is 15.0. The Morgan fingerprint density at radius 2 is 1.06 bits per heavy atom. The van der Waals surface area contributed by atoms with Crippen LogP contribution in [0.4, 0.5) is 5.69 Å². The molecule has 3 aromatic carbocycles. The van der Waals surface area contributed by atoms with Crippen LogP contribution in [0.3, 0.4) is 0 Å². The number of carbonyl (C=O) groups excluding carboxylic acids is 4. The van der Waals surface area contributed by atoms with Crippen LogP contribution in [0.15, 0.2) is 54.6 Å². The predicted molar refractivity (Wildman–Crippen MR) is 176 cm³/mol. The van der Waals surface area contributed by atoms with Gasteiger partial charge in [0.15, 0.2) is 5.60 Å². The lowest BCUT2D eigenvalue weighted by atomic mass is 9.35. The zero-order valence-corrected chi connectivity index (χ0v) is 28.3. The van der Waals surface area contributed by atoms with Crippen LogP contribution in [0.5, 0.6) is 23.0 Å². The number of amides is 1. The van der Waals surface area contributed by atoms with E-state index in [-0.39, 0.29) is 72.8 Å². The molecule has 1 amide bonds. The maximum atomic E-state index is 14.3. The van der Waals surface area contributed by atoms with Gasteiger partial charge in [-0.1, -0.05) is 6.07 Å². The van der Waals surface area contributed by atoms with E-state index in [4.69, 9.17) is 18.9 Å². The monoisotopic (exact) mass is 725 g/mol. The van der Waals surface area contributed by atoms with Gasteiger partial charge in [0, 0.05) is 48.4 Å². The fraction of sp³-hybridized carbons (Fsp3) is 0.342. The van der Waals surface area contributed by atoms with Gasteiger partial charge >= 0.3 is 35.8 Å². The smallest absolute Gasteiger partial charge is 0.340 e. The highest BCUT2D eigenvalue weighted by atomic mass is 16.6. The van der Waals surface area contributed by atoms with Gasteiger partial charge in [0.25, 0.3) is 0 Å². The molecule has 272 valence electrons. The Balaban J connectivity index is 1.20. The fourth-order valence-corrected chi connectivity index (χ4v) is 10.0. The summed E-state index contributed by atoms with van der Waals surface area (Å²) in [7, 11) is 0. The average molecular weight is 726 g/mol. The van der Waals surface area contributed by atoms with Crippen LogP contribution in [0.25, 0.3) is 0 Å². The van der Waals surface area contributed by atoms with Crippen molar-refractivity contribution in [2.24, 2.45) is 21.7 Å². The third-order valence-electron chi connectivity index (χ3n) is 11.4. The van der Waals surface area contributed by atoms with Crippen molar-refractivity contribution in [2.75, 3.05) is 5.32 Å². The molecule has 4 aliphatic carbocycles. The number of benzene rings is 3. The molecule has 15 heteroatoms. The number of aliphatic carboxylic acids is 3. The summed E-state index contributed by atoms with van der Waals surface area (Å²) < 4.78 is 22.9. The van der Waals surface area contributed by atoms with E-state index >= 15 is 0 Å². The van der Waals surface area contributed by atoms with Crippen LogP contribution < -0.4 is 19.5 Å². The van der Waals surface area contributed by atoms with Gasteiger partial charge in [-0.2, -0.15) is 0 Å². The molecular formula is C38H31NO14. The summed E-state index contributed by atoms with van der Waals surface area (Å²) in [4.78, 5) is 89.6. The molecule has 2 heterocycles. The largest absolute Gasteiger partial charge is 0.481 e. The molecule has 15 nitrogen and oxygen atoms in total. The minimum absolute atomic E-state index is 0.0475. The molecule has 4 N–H and O–H groups in total. The first-order chi connectivity index (χ1) is 25.0. The number of carboxylic acid groups (broad SMARTS) is 3. The van der Waals surface area contributed by atoms with Gasteiger partial charge in [0.1, 0.15) is 23.0 Å². The predicted octanol–water partition coefficient (Wildman–Crippen LogP) is 4.62. The molecule has 4 fully saturated rings. The van der Waals surface area contributed by atoms with Crippen molar-refractivity contribution in [2.45, 2.75) is 58.0 Å². The Morgan fingerprint density at radius 3 is 1.49 bits per heavy atom. The summed E-state index contributed by atoms with van der Waals surface area (Å²) in [5.74, 6) is -6.06. The van der Waals surface area contributed by atoms with Crippen LogP contribution in [0.2, 0.25) is 0 Å². The van der Waals surface area contributed by atoms with Crippen LogP contribution in [-0.2, 0) is 39.1 Å². The zero-order chi connectivity index (χ0) is 37.9. The van der Waals surface area contributed by atoms with Crippen LogP contribution in [0, 0.1) is 21.7 Å². The maximum absolute atomic E-state index is 14.3. The van der Waals surface area contributed by atoms with Gasteiger partial charge in [-0.05, 0) is 74.9 Å². The fourth-order valence-electron chi connectivity index (χ4n) is 10.0. The number of rotatable bonds is 7. The van der Waals surface area contributed by atoms with Gasteiger partial charge in [-0.15, -0.1) is 0 Å². The summed E-state index contributed by atoms with van der Waals surface area (Å²) in [5.41, 5.74) is -7.19. The quantitative estimate of drug-likeness (QED) is 0.192. The van der Waals surface area contributed by atoms with Crippen LogP contribution in [-0.4, -0.2) is 57.0 Å². The first-order valence-electron chi connectivity index (χ1n) is 16.7. The number of fused-ring (bicyclic) bond motifs is 6. The molecule has 4 bridgehead atoms. The average Bonchev–Trinajstić information content (AvgIpc) is 3.34. The topological polar surface area (TPSA) is 229 Å². The number of carboxylic acids is 3. The van der Waals surface area contributed by atoms with Crippen molar-refractivity contribution in [3.05, 3.63) is 76.9 Å². The SMILES string of the molecule is CC(=O)Oc1ccc2c(c1)Oc1cc(OC(C)=O)ccc1C21OC(=O)c2cc(NC(=O)C34CC5(C(=O)O)CC(C(=O)O)(CC(C(=O)O)(C5)C3)C4)ccc21. The van der Waals surface area contributed by atoms with E-state index in [2.05, 4.69) is 5.32 Å². The third-order valence-corrected chi connectivity index (χ3v) is 11.4. The first-order valence-corrected chi connectivity index (χ1v) is 16.7. The van der Waals surface area contributed by atoms with E-state index in [1.165, 1.54) is 50.2 Å². The Labute approximate surface area is 299 Å². The standard InChI is InChI=1S/C38H31NO14/c1-18(40)50-21-4-7-25-27(10-21)52-28-11-22(51-19(2)41)5-8-26(28)38(25)24-6-3-20(9-23(24)29(42)53-38)39-30(43)34-12-35(31(44)45)15-36(13-34,32(46)47)17-37(14-34,16-35)33(48)49/h3-11H,12-17H2,1-2H3,(H,39,43)(H,44,45)(H,46,47)(H,48,49). The molecule has 0 atom stereocenters. The van der Waals surface area contributed by atoms with Crippen molar-refractivity contribution < 1.29 is 67.8 Å². The molecule has 53 heavy (non-hydrogen) atoms. The molecule has 6 aliphatic rings. The summed E-state index contributed by atoms with van der Waals surface area (Å²) in [5, 5.41) is 33.8. The molecule has 0 aromatic heterocycles. The summed E-state index contributed by atoms with van der Waals surface area (Å²) in [6.07, 6.45) is -1.55. The minimum Gasteiger partial charge on any atom is -0.481 e. The van der Waals surface area contributed by atoms with Crippen molar-refractivity contribution in [1.82, 2.24) is 0 Å². The lowest BCUT2D eigenvalue weighted by molar-refractivity contribution is -0.223. The Kier molecular flexibility index (Phi) is 6.95. The third kappa shape index (κ3) is 4.75. The number of nitrogens with one attached hydrogen (secondary N) is 1. The van der Waals surface area contributed by atoms with Crippen molar-refractivity contribution in [1.29, 1.82) is 0 Å². The van der Waals surface area contributed by atoms with E-state index in [1.54, 1.807) is 18.2 Å². The molecule has 1 spiro atoms. The minimum atomic E-state index is -1.73. The maximum Gasteiger partial charge on any atom is 0.340 e. The van der Waals surface area contributed by atoms with Crippen LogP contribution >= 0.6 is 0 Å². The molecule has 9 rings (SSSR count). The van der Waals surface area contributed by atoms with Gasteiger partial charge in [0.05, 0.1) is 27.2 Å². The molecule has 3 aromatic rings. The molecule has 2 aliphatic heterocycles. The van der Waals surface area contributed by atoms with Crippen molar-refractivity contribution >= 4 is 47.4 Å². The van der Waals surface area contributed by atoms with E-state index < -0.39 is 69.0 Å². The molecule has 0 saturated heterocycles.